The Morgan fingerprint density at radius 3 is 2.36 bits per heavy atom. The molecule has 0 radical (unpaired) electrons. The van der Waals surface area contributed by atoms with Gasteiger partial charge in [-0.1, -0.05) is 0 Å². The van der Waals surface area contributed by atoms with Crippen LogP contribution in [0, 0.1) is 0 Å². The zero-order valence-corrected chi connectivity index (χ0v) is 18.1. The number of amides is 1. The molecule has 176 valence electrons. The average Bonchev–Trinajstić information content (AvgIpc) is 3.25. The number of aromatic nitrogens is 2. The van der Waals surface area contributed by atoms with Crippen LogP contribution in [-0.4, -0.2) is 68.7 Å². The number of fused-ring (bicyclic) bond motifs is 1. The molecule has 0 saturated carbocycles. The first kappa shape index (κ1) is 22.7. The van der Waals surface area contributed by atoms with Gasteiger partial charge >= 0.3 is 6.18 Å². The number of benzene rings is 2. The van der Waals surface area contributed by atoms with Crippen molar-refractivity contribution < 1.29 is 32.2 Å². The molecule has 0 aliphatic carbocycles. The van der Waals surface area contributed by atoms with Gasteiger partial charge in [0.1, 0.15) is 29.9 Å². The van der Waals surface area contributed by atoms with E-state index in [1.807, 2.05) is 23.5 Å². The summed E-state index contributed by atoms with van der Waals surface area (Å²) in [5.41, 5.74) is 3.09. The van der Waals surface area contributed by atoms with E-state index in [2.05, 4.69) is 9.88 Å². The third-order valence-electron chi connectivity index (χ3n) is 5.35. The Hall–Kier alpha value is -3.47. The highest BCUT2D eigenvalue weighted by atomic mass is 19.4. The van der Waals surface area contributed by atoms with E-state index in [0.29, 0.717) is 18.9 Å². The van der Waals surface area contributed by atoms with Gasteiger partial charge in [-0.25, -0.2) is 4.98 Å². The van der Waals surface area contributed by atoms with Crippen LogP contribution in [0.1, 0.15) is 10.4 Å². The number of rotatable bonds is 6. The minimum Gasteiger partial charge on any atom is -0.496 e. The quantitative estimate of drug-likeness (QED) is 0.604. The number of imidazole rings is 1. The van der Waals surface area contributed by atoms with Crippen molar-refractivity contribution in [2.75, 3.05) is 52.0 Å². The Labute approximate surface area is 187 Å². The van der Waals surface area contributed by atoms with Crippen LogP contribution in [-0.2, 0) is 4.74 Å². The van der Waals surface area contributed by atoms with Crippen molar-refractivity contribution >= 4 is 22.6 Å². The number of anilines is 1. The summed E-state index contributed by atoms with van der Waals surface area (Å²) in [5, 5.41) is 1.85. The molecule has 2 aromatic carbocycles. The molecule has 3 aromatic rings. The Bertz CT molecular complexity index is 1130. The second kappa shape index (κ2) is 9.18. The summed E-state index contributed by atoms with van der Waals surface area (Å²) in [4.78, 5) is 19.2. The standard InChI is InChI=1S/C22H23F3N4O4/c1-31-18-10-15(11-19(32-2)20(18)21(30)26-12-22(23,24)25)29-13-27-16-9-14(3-4-17(16)29)28-5-7-33-8-6-28/h3-4,9-11,13H,5-8,12H2,1-2H3,(H,26,30). The van der Waals surface area contributed by atoms with E-state index in [-0.39, 0.29) is 17.1 Å². The molecule has 1 aromatic heterocycles. The minimum atomic E-state index is -4.54. The van der Waals surface area contributed by atoms with Gasteiger partial charge < -0.3 is 24.4 Å². The molecule has 0 spiro atoms. The lowest BCUT2D eigenvalue weighted by Crippen LogP contribution is -2.36. The first-order valence-corrected chi connectivity index (χ1v) is 10.2. The highest BCUT2D eigenvalue weighted by Gasteiger charge is 2.30. The molecule has 1 amide bonds. The summed E-state index contributed by atoms with van der Waals surface area (Å²) in [6.45, 7) is 1.50. The van der Waals surface area contributed by atoms with Gasteiger partial charge in [-0.3, -0.25) is 9.36 Å². The number of halogens is 3. The fourth-order valence-electron chi connectivity index (χ4n) is 3.75. The van der Waals surface area contributed by atoms with Gasteiger partial charge in [0.2, 0.25) is 0 Å². The first-order chi connectivity index (χ1) is 15.8. The number of carbonyl (C=O) groups excluding carboxylic acids is 1. The molecule has 0 bridgehead atoms. The predicted octanol–water partition coefficient (Wildman–Crippen LogP) is 3.17. The Morgan fingerprint density at radius 2 is 1.76 bits per heavy atom. The maximum Gasteiger partial charge on any atom is 0.405 e. The first-order valence-electron chi connectivity index (χ1n) is 10.2. The summed E-state index contributed by atoms with van der Waals surface area (Å²) >= 11 is 0. The second-order valence-electron chi connectivity index (χ2n) is 7.41. The molecule has 11 heteroatoms. The second-order valence-corrected chi connectivity index (χ2v) is 7.41. The van der Waals surface area contributed by atoms with E-state index < -0.39 is 18.6 Å². The fourth-order valence-corrected chi connectivity index (χ4v) is 3.75. The number of methoxy groups -OCH3 is 2. The van der Waals surface area contributed by atoms with Gasteiger partial charge in [0, 0.05) is 30.9 Å². The summed E-state index contributed by atoms with van der Waals surface area (Å²) in [5.74, 6) is -0.787. The summed E-state index contributed by atoms with van der Waals surface area (Å²) in [7, 11) is 2.67. The van der Waals surface area contributed by atoms with Gasteiger partial charge in [0.25, 0.3) is 5.91 Å². The Morgan fingerprint density at radius 1 is 1.09 bits per heavy atom. The molecular weight excluding hydrogens is 441 g/mol. The van der Waals surface area contributed by atoms with Crippen molar-refractivity contribution in [3.8, 4) is 17.2 Å². The minimum absolute atomic E-state index is 0.0795. The van der Waals surface area contributed by atoms with Crippen LogP contribution < -0.4 is 19.7 Å². The predicted molar refractivity (Wildman–Crippen MR) is 116 cm³/mol. The molecule has 1 fully saturated rings. The average molecular weight is 464 g/mol. The van der Waals surface area contributed by atoms with E-state index >= 15 is 0 Å². The highest BCUT2D eigenvalue weighted by molar-refractivity contribution is 6.00. The maximum absolute atomic E-state index is 12.5. The normalized spacial score (nSPS) is 14.4. The van der Waals surface area contributed by atoms with Gasteiger partial charge in [-0.2, -0.15) is 13.2 Å². The fraction of sp³-hybridized carbons (Fsp3) is 0.364. The number of morpholine rings is 1. The number of alkyl halides is 3. The highest BCUT2D eigenvalue weighted by Crippen LogP contribution is 2.34. The van der Waals surface area contributed by atoms with Crippen LogP contribution in [0.5, 0.6) is 11.5 Å². The summed E-state index contributed by atoms with van der Waals surface area (Å²) in [6, 6.07) is 9.05. The van der Waals surface area contributed by atoms with Crippen LogP contribution >= 0.6 is 0 Å². The van der Waals surface area contributed by atoms with Gasteiger partial charge in [0.05, 0.1) is 44.2 Å². The van der Waals surface area contributed by atoms with Crippen molar-refractivity contribution in [3.63, 3.8) is 0 Å². The van der Waals surface area contributed by atoms with Crippen LogP contribution in [0.4, 0.5) is 18.9 Å². The van der Waals surface area contributed by atoms with Crippen molar-refractivity contribution in [1.29, 1.82) is 0 Å². The molecular formula is C22H23F3N4O4. The zero-order chi connectivity index (χ0) is 23.6. The van der Waals surface area contributed by atoms with E-state index in [4.69, 9.17) is 14.2 Å². The zero-order valence-electron chi connectivity index (χ0n) is 18.1. The summed E-state index contributed by atoms with van der Waals surface area (Å²) in [6.07, 6.45) is -2.91. The van der Waals surface area contributed by atoms with Crippen LogP contribution in [0.3, 0.4) is 0 Å². The Balaban J connectivity index is 1.69. The van der Waals surface area contributed by atoms with E-state index in [1.54, 1.807) is 23.0 Å². The third-order valence-corrected chi connectivity index (χ3v) is 5.35. The number of carbonyl (C=O) groups is 1. The van der Waals surface area contributed by atoms with Gasteiger partial charge in [0.15, 0.2) is 0 Å². The SMILES string of the molecule is COc1cc(-n2cnc3cc(N4CCOCC4)ccc32)cc(OC)c1C(=O)NCC(F)(F)F. The molecule has 1 saturated heterocycles. The van der Waals surface area contributed by atoms with Crippen molar-refractivity contribution in [1.82, 2.24) is 14.9 Å². The number of nitrogens with zero attached hydrogens (tertiary/aromatic N) is 3. The number of ether oxygens (including phenoxy) is 3. The third kappa shape index (κ3) is 4.82. The number of nitrogens with one attached hydrogen (secondary N) is 1. The smallest absolute Gasteiger partial charge is 0.405 e. The maximum atomic E-state index is 12.5. The van der Waals surface area contributed by atoms with Crippen LogP contribution in [0.2, 0.25) is 0 Å². The molecule has 0 atom stereocenters. The lowest BCUT2D eigenvalue weighted by atomic mass is 10.1. The van der Waals surface area contributed by atoms with Gasteiger partial charge in [-0.15, -0.1) is 0 Å². The lowest BCUT2D eigenvalue weighted by Gasteiger charge is -2.28. The van der Waals surface area contributed by atoms with E-state index in [0.717, 1.165) is 29.8 Å². The van der Waals surface area contributed by atoms with Gasteiger partial charge in [-0.05, 0) is 18.2 Å². The van der Waals surface area contributed by atoms with Crippen LogP contribution in [0.25, 0.3) is 16.7 Å². The number of hydrogen-bond donors (Lipinski definition) is 1. The molecule has 1 aliphatic rings. The molecule has 1 aliphatic heterocycles. The molecule has 4 rings (SSSR count). The molecule has 33 heavy (non-hydrogen) atoms. The van der Waals surface area contributed by atoms with E-state index in [1.165, 1.54) is 14.2 Å². The monoisotopic (exact) mass is 464 g/mol. The summed E-state index contributed by atoms with van der Waals surface area (Å²) < 4.78 is 55.5. The molecule has 8 nitrogen and oxygen atoms in total. The van der Waals surface area contributed by atoms with Crippen molar-refractivity contribution in [2.45, 2.75) is 6.18 Å². The lowest BCUT2D eigenvalue weighted by molar-refractivity contribution is -0.123. The molecule has 2 heterocycles. The van der Waals surface area contributed by atoms with Crippen molar-refractivity contribution in [2.24, 2.45) is 0 Å². The largest absolute Gasteiger partial charge is 0.496 e. The van der Waals surface area contributed by atoms with Crippen LogP contribution in [0.15, 0.2) is 36.7 Å². The number of hydrogen-bond acceptors (Lipinski definition) is 6. The molecule has 1 N–H and O–H groups in total. The Kier molecular flexibility index (Phi) is 6.32. The molecule has 0 unspecified atom stereocenters. The topological polar surface area (TPSA) is 77.8 Å². The van der Waals surface area contributed by atoms with Crippen molar-refractivity contribution in [3.05, 3.63) is 42.2 Å². The van der Waals surface area contributed by atoms with E-state index in [9.17, 15) is 18.0 Å².